The molecule has 0 saturated heterocycles. The monoisotopic (exact) mass is 387 g/mol. The Morgan fingerprint density at radius 2 is 2.04 bits per heavy atom. The van der Waals surface area contributed by atoms with Crippen molar-refractivity contribution in [3.63, 3.8) is 0 Å². The van der Waals surface area contributed by atoms with Crippen LogP contribution >= 0.6 is 0 Å². The zero-order valence-corrected chi connectivity index (χ0v) is 15.1. The molecular formula is C18H24F3N3O3. The van der Waals surface area contributed by atoms with Crippen LogP contribution in [0.5, 0.6) is 0 Å². The molecule has 2 atom stereocenters. The van der Waals surface area contributed by atoms with Crippen LogP contribution in [0.25, 0.3) is 0 Å². The Hall–Kier alpha value is -1.61. The van der Waals surface area contributed by atoms with Gasteiger partial charge in [0.2, 0.25) is 0 Å². The van der Waals surface area contributed by atoms with Crippen molar-refractivity contribution in [1.82, 2.24) is 15.1 Å². The van der Waals surface area contributed by atoms with Crippen molar-refractivity contribution in [1.29, 1.82) is 0 Å². The number of halogens is 3. The molecule has 4 bridgehead atoms. The van der Waals surface area contributed by atoms with E-state index in [4.69, 9.17) is 4.74 Å². The van der Waals surface area contributed by atoms with E-state index < -0.39 is 28.9 Å². The Balaban J connectivity index is 1.55. The minimum Gasteiger partial charge on any atom is -0.390 e. The van der Waals surface area contributed by atoms with Crippen molar-refractivity contribution in [2.24, 2.45) is 17.8 Å². The lowest BCUT2D eigenvalue weighted by atomic mass is 9.52. The van der Waals surface area contributed by atoms with Gasteiger partial charge in [0.1, 0.15) is 0 Å². The number of carbonyl (C=O) groups excluding carboxylic acids is 1. The number of rotatable bonds is 5. The standard InChI is InChI=1S/C18H24F3N3O3/c1-27-3-2-24-15(18(19,20)21)13(9-22-24)16(25)23-14-11-4-10-5-12(14)8-17(26,6-10)7-11/h9-12,14,26H,2-8H2,1H3,(H,23,25)/t10?,11-,12-,14?,17?/m0/s1. The fourth-order valence-electron chi connectivity index (χ4n) is 5.64. The molecule has 1 aromatic rings. The van der Waals surface area contributed by atoms with Gasteiger partial charge in [-0.15, -0.1) is 0 Å². The molecule has 0 aromatic carbocycles. The van der Waals surface area contributed by atoms with Crippen LogP contribution in [0, 0.1) is 17.8 Å². The third kappa shape index (κ3) is 3.35. The van der Waals surface area contributed by atoms with Crippen molar-refractivity contribution in [3.8, 4) is 0 Å². The van der Waals surface area contributed by atoms with Crippen LogP contribution in [0.1, 0.15) is 48.2 Å². The smallest absolute Gasteiger partial charge is 0.390 e. The van der Waals surface area contributed by atoms with Gasteiger partial charge in [-0.05, 0) is 49.9 Å². The molecule has 4 saturated carbocycles. The van der Waals surface area contributed by atoms with Gasteiger partial charge in [-0.25, -0.2) is 0 Å². The van der Waals surface area contributed by atoms with Crippen molar-refractivity contribution in [2.45, 2.75) is 56.5 Å². The topological polar surface area (TPSA) is 76.4 Å². The van der Waals surface area contributed by atoms with E-state index >= 15 is 0 Å². The van der Waals surface area contributed by atoms with Crippen molar-refractivity contribution < 1.29 is 27.8 Å². The summed E-state index contributed by atoms with van der Waals surface area (Å²) in [6.07, 6.45) is 0.180. The Morgan fingerprint density at radius 3 is 2.59 bits per heavy atom. The summed E-state index contributed by atoms with van der Waals surface area (Å²) in [6, 6.07) is -0.183. The van der Waals surface area contributed by atoms with Crippen LogP contribution in [-0.2, 0) is 17.5 Å². The zero-order valence-electron chi connectivity index (χ0n) is 15.1. The number of amides is 1. The summed E-state index contributed by atoms with van der Waals surface area (Å²) in [7, 11) is 1.39. The number of aliphatic hydroxyl groups is 1. The summed E-state index contributed by atoms with van der Waals surface area (Å²) < 4.78 is 46.2. The summed E-state index contributed by atoms with van der Waals surface area (Å²) in [4.78, 5) is 12.7. The summed E-state index contributed by atoms with van der Waals surface area (Å²) in [5, 5.41) is 17.2. The van der Waals surface area contributed by atoms with E-state index in [1.807, 2.05) is 0 Å². The molecular weight excluding hydrogens is 363 g/mol. The highest BCUT2D eigenvalue weighted by Gasteiger charge is 2.55. The number of hydrogen-bond donors (Lipinski definition) is 2. The van der Waals surface area contributed by atoms with Gasteiger partial charge in [0.05, 0.1) is 30.5 Å². The Labute approximate surface area is 155 Å². The normalized spacial score (nSPS) is 34.9. The average molecular weight is 387 g/mol. The van der Waals surface area contributed by atoms with E-state index in [1.165, 1.54) is 7.11 Å². The van der Waals surface area contributed by atoms with Gasteiger partial charge in [0.15, 0.2) is 5.69 Å². The van der Waals surface area contributed by atoms with Gasteiger partial charge < -0.3 is 15.2 Å². The van der Waals surface area contributed by atoms with Crippen LogP contribution < -0.4 is 5.32 Å². The van der Waals surface area contributed by atoms with Gasteiger partial charge in [-0.3, -0.25) is 9.48 Å². The van der Waals surface area contributed by atoms with Crippen LogP contribution in [0.4, 0.5) is 13.2 Å². The predicted molar refractivity (Wildman–Crippen MR) is 88.9 cm³/mol. The lowest BCUT2D eigenvalue weighted by Gasteiger charge is -2.58. The summed E-state index contributed by atoms with van der Waals surface area (Å²) >= 11 is 0. The van der Waals surface area contributed by atoms with E-state index in [9.17, 15) is 23.1 Å². The first-order valence-electron chi connectivity index (χ1n) is 9.35. The molecule has 0 aliphatic heterocycles. The highest BCUT2D eigenvalue weighted by molar-refractivity contribution is 5.95. The molecule has 150 valence electrons. The van der Waals surface area contributed by atoms with Gasteiger partial charge in [-0.2, -0.15) is 18.3 Å². The zero-order chi connectivity index (χ0) is 19.4. The van der Waals surface area contributed by atoms with Gasteiger partial charge in [0.25, 0.3) is 5.91 Å². The van der Waals surface area contributed by atoms with E-state index in [2.05, 4.69) is 10.4 Å². The minimum atomic E-state index is -4.68. The molecule has 1 heterocycles. The van der Waals surface area contributed by atoms with E-state index in [0.29, 0.717) is 18.8 Å². The number of nitrogens with one attached hydrogen (secondary N) is 1. The largest absolute Gasteiger partial charge is 0.433 e. The molecule has 5 rings (SSSR count). The van der Waals surface area contributed by atoms with Crippen LogP contribution in [0.15, 0.2) is 6.20 Å². The lowest BCUT2D eigenvalue weighted by molar-refractivity contribution is -0.144. The predicted octanol–water partition coefficient (Wildman–Crippen LogP) is 2.22. The molecule has 27 heavy (non-hydrogen) atoms. The summed E-state index contributed by atoms with van der Waals surface area (Å²) in [5.74, 6) is -0.0233. The molecule has 4 aliphatic rings. The minimum absolute atomic E-state index is 0.0680. The molecule has 0 radical (unpaired) electrons. The van der Waals surface area contributed by atoms with Gasteiger partial charge in [-0.1, -0.05) is 0 Å². The molecule has 4 fully saturated rings. The first kappa shape index (κ1) is 18.7. The SMILES string of the molecule is COCCn1ncc(C(=O)NC2[C@H]3CC4C[C@H]2CC(O)(C4)C3)c1C(F)(F)F. The van der Waals surface area contributed by atoms with Crippen molar-refractivity contribution in [3.05, 3.63) is 17.5 Å². The second kappa shape index (κ2) is 6.48. The number of ether oxygens (including phenoxy) is 1. The fraction of sp³-hybridized carbons (Fsp3) is 0.778. The molecule has 9 heteroatoms. The molecule has 1 amide bonds. The second-order valence-corrected chi connectivity index (χ2v) is 8.31. The Kier molecular flexibility index (Phi) is 4.50. The van der Waals surface area contributed by atoms with E-state index in [1.54, 1.807) is 0 Å². The highest BCUT2D eigenvalue weighted by Crippen LogP contribution is 2.55. The number of methoxy groups -OCH3 is 1. The van der Waals surface area contributed by atoms with Crippen molar-refractivity contribution >= 4 is 5.91 Å². The van der Waals surface area contributed by atoms with Crippen LogP contribution in [0.2, 0.25) is 0 Å². The summed E-state index contributed by atoms with van der Waals surface area (Å²) in [5.41, 5.74) is -2.15. The van der Waals surface area contributed by atoms with E-state index in [-0.39, 0.29) is 31.0 Å². The maximum absolute atomic E-state index is 13.5. The third-order valence-electron chi connectivity index (χ3n) is 6.40. The molecule has 2 N–H and O–H groups in total. The number of aromatic nitrogens is 2. The maximum Gasteiger partial charge on any atom is 0.433 e. The number of hydrogen-bond acceptors (Lipinski definition) is 4. The molecule has 4 aliphatic carbocycles. The van der Waals surface area contributed by atoms with Gasteiger partial charge in [0, 0.05) is 13.2 Å². The third-order valence-corrected chi connectivity index (χ3v) is 6.40. The summed E-state index contributed by atoms with van der Waals surface area (Å²) in [6.45, 7) is -0.0133. The van der Waals surface area contributed by atoms with E-state index in [0.717, 1.165) is 30.1 Å². The maximum atomic E-state index is 13.5. The molecule has 0 unspecified atom stereocenters. The highest BCUT2D eigenvalue weighted by atomic mass is 19.4. The fourth-order valence-corrected chi connectivity index (χ4v) is 5.64. The molecule has 6 nitrogen and oxygen atoms in total. The average Bonchev–Trinajstić information content (AvgIpc) is 2.99. The van der Waals surface area contributed by atoms with Crippen molar-refractivity contribution in [2.75, 3.05) is 13.7 Å². The first-order chi connectivity index (χ1) is 12.7. The molecule has 1 aromatic heterocycles. The first-order valence-corrected chi connectivity index (χ1v) is 9.35. The quantitative estimate of drug-likeness (QED) is 0.812. The van der Waals surface area contributed by atoms with Crippen LogP contribution in [-0.4, -0.2) is 46.2 Å². The second-order valence-electron chi connectivity index (χ2n) is 8.31. The molecule has 0 spiro atoms. The number of nitrogens with zero attached hydrogens (tertiary/aromatic N) is 2. The van der Waals surface area contributed by atoms with Crippen LogP contribution in [0.3, 0.4) is 0 Å². The Bertz CT molecular complexity index is 717. The Morgan fingerprint density at radius 1 is 1.37 bits per heavy atom. The number of alkyl halides is 3. The van der Waals surface area contributed by atoms with Gasteiger partial charge >= 0.3 is 6.18 Å². The number of carbonyl (C=O) groups is 1. The lowest BCUT2D eigenvalue weighted by Crippen LogP contribution is -2.61.